The van der Waals surface area contributed by atoms with Gasteiger partial charge >= 0.3 is 0 Å². The van der Waals surface area contributed by atoms with Crippen LogP contribution >= 0.6 is 24.2 Å². The molecule has 2 aliphatic rings. The molecule has 1 aromatic rings. The number of rotatable bonds is 7. The van der Waals surface area contributed by atoms with E-state index in [1.807, 2.05) is 30.0 Å². The van der Waals surface area contributed by atoms with Gasteiger partial charge in [0.05, 0.1) is 12.3 Å². The lowest BCUT2D eigenvalue weighted by Crippen LogP contribution is -2.33. The van der Waals surface area contributed by atoms with Gasteiger partial charge in [-0.3, -0.25) is 4.79 Å². The van der Waals surface area contributed by atoms with E-state index < -0.39 is 0 Å². The normalized spacial score (nSPS) is 20.9. The molecule has 1 heterocycles. The van der Waals surface area contributed by atoms with E-state index in [0.29, 0.717) is 17.8 Å². The number of thioether (sulfide) groups is 1. The number of piperidine rings is 1. The highest BCUT2D eigenvalue weighted by atomic mass is 35.5. The minimum absolute atomic E-state index is 0. The first-order valence-corrected chi connectivity index (χ1v) is 10.0. The van der Waals surface area contributed by atoms with Gasteiger partial charge < -0.3 is 15.4 Å². The average molecular weight is 385 g/mol. The van der Waals surface area contributed by atoms with Crippen molar-refractivity contribution in [3.63, 3.8) is 0 Å². The highest BCUT2D eigenvalue weighted by molar-refractivity contribution is 8.00. The van der Waals surface area contributed by atoms with Gasteiger partial charge in [0.15, 0.2) is 0 Å². The lowest BCUT2D eigenvalue weighted by molar-refractivity contribution is -0.121. The zero-order chi connectivity index (χ0) is 16.6. The molecule has 0 aromatic heterocycles. The van der Waals surface area contributed by atoms with Crippen molar-refractivity contribution in [2.24, 2.45) is 5.92 Å². The highest BCUT2D eigenvalue weighted by Gasteiger charge is 2.18. The maximum absolute atomic E-state index is 12.2. The van der Waals surface area contributed by atoms with Crippen LogP contribution in [-0.4, -0.2) is 37.5 Å². The number of ether oxygens (including phenoxy) is 1. The van der Waals surface area contributed by atoms with E-state index in [1.54, 1.807) is 0 Å². The molecule has 3 rings (SSSR count). The summed E-state index contributed by atoms with van der Waals surface area (Å²) in [6.07, 6.45) is 7.62. The third-order valence-electron chi connectivity index (χ3n) is 4.74. The standard InChI is InChI=1S/C19H28N2O2S.ClH/c22-19(14-23-13-15-6-5-11-20-12-15)21-17-9-3-4-10-18(17)24-16-7-1-2-8-16;/h3-4,9-10,15-16,20H,1-2,5-8,11-14H2,(H,21,22);1H. The maximum atomic E-state index is 12.2. The van der Waals surface area contributed by atoms with Gasteiger partial charge in [-0.2, -0.15) is 0 Å². The molecule has 2 fully saturated rings. The largest absolute Gasteiger partial charge is 0.371 e. The summed E-state index contributed by atoms with van der Waals surface area (Å²) < 4.78 is 5.62. The molecule has 1 atom stereocenters. The third kappa shape index (κ3) is 6.81. The van der Waals surface area contributed by atoms with Gasteiger partial charge in [-0.05, 0) is 50.3 Å². The van der Waals surface area contributed by atoms with E-state index in [9.17, 15) is 4.79 Å². The molecule has 25 heavy (non-hydrogen) atoms. The van der Waals surface area contributed by atoms with Crippen LogP contribution < -0.4 is 10.6 Å². The fourth-order valence-corrected chi connectivity index (χ4v) is 4.76. The number of carbonyl (C=O) groups is 1. The molecule has 140 valence electrons. The van der Waals surface area contributed by atoms with Gasteiger partial charge in [-0.1, -0.05) is 25.0 Å². The first-order valence-electron chi connectivity index (χ1n) is 9.15. The zero-order valence-electron chi connectivity index (χ0n) is 14.7. The lowest BCUT2D eigenvalue weighted by atomic mass is 10.0. The average Bonchev–Trinajstić information content (AvgIpc) is 3.11. The predicted molar refractivity (Wildman–Crippen MR) is 107 cm³/mol. The Morgan fingerprint density at radius 1 is 1.20 bits per heavy atom. The number of hydrogen-bond donors (Lipinski definition) is 2. The number of hydrogen-bond acceptors (Lipinski definition) is 4. The molecular formula is C19H29ClN2O2S. The van der Waals surface area contributed by atoms with Gasteiger partial charge in [-0.15, -0.1) is 24.2 Å². The van der Waals surface area contributed by atoms with Crippen molar-refractivity contribution < 1.29 is 9.53 Å². The van der Waals surface area contributed by atoms with E-state index >= 15 is 0 Å². The molecule has 0 spiro atoms. The molecule has 4 nitrogen and oxygen atoms in total. The Hall–Kier alpha value is -0.750. The van der Waals surface area contributed by atoms with E-state index in [2.05, 4.69) is 16.7 Å². The lowest BCUT2D eigenvalue weighted by Gasteiger charge is -2.22. The fraction of sp³-hybridized carbons (Fsp3) is 0.632. The van der Waals surface area contributed by atoms with Crippen LogP contribution in [0, 0.1) is 5.92 Å². The minimum Gasteiger partial charge on any atom is -0.371 e. The molecule has 1 aromatic carbocycles. The Bertz CT molecular complexity index is 532. The Labute approximate surface area is 161 Å². The smallest absolute Gasteiger partial charge is 0.250 e. The molecule has 6 heteroatoms. The van der Waals surface area contributed by atoms with Crippen LogP contribution in [0.4, 0.5) is 5.69 Å². The highest BCUT2D eigenvalue weighted by Crippen LogP contribution is 2.37. The van der Waals surface area contributed by atoms with Crippen LogP contribution in [-0.2, 0) is 9.53 Å². The number of halogens is 1. The van der Waals surface area contributed by atoms with Crippen LogP contribution in [0.1, 0.15) is 38.5 Å². The Morgan fingerprint density at radius 3 is 2.76 bits per heavy atom. The van der Waals surface area contributed by atoms with Gasteiger partial charge in [0.25, 0.3) is 0 Å². The number of carbonyl (C=O) groups excluding carboxylic acids is 1. The Balaban J connectivity index is 0.00000225. The number of benzene rings is 1. The van der Waals surface area contributed by atoms with E-state index in [4.69, 9.17) is 4.74 Å². The van der Waals surface area contributed by atoms with E-state index in [-0.39, 0.29) is 24.9 Å². The van der Waals surface area contributed by atoms with Crippen LogP contribution in [0.25, 0.3) is 0 Å². The summed E-state index contributed by atoms with van der Waals surface area (Å²) in [7, 11) is 0. The predicted octanol–water partition coefficient (Wildman–Crippen LogP) is 4.10. The molecular weight excluding hydrogens is 356 g/mol. The summed E-state index contributed by atoms with van der Waals surface area (Å²) in [5.74, 6) is 0.481. The first-order chi connectivity index (χ1) is 11.8. The van der Waals surface area contributed by atoms with Gasteiger partial charge in [-0.25, -0.2) is 0 Å². The second-order valence-corrected chi connectivity index (χ2v) is 8.14. The molecule has 1 unspecified atom stereocenters. The molecule has 0 radical (unpaired) electrons. The Kier molecular flexibility index (Phi) is 9.10. The van der Waals surface area contributed by atoms with Crippen molar-refractivity contribution in [1.29, 1.82) is 0 Å². The summed E-state index contributed by atoms with van der Waals surface area (Å²) in [5, 5.41) is 7.09. The van der Waals surface area contributed by atoms with Crippen molar-refractivity contribution in [1.82, 2.24) is 5.32 Å². The van der Waals surface area contributed by atoms with Crippen molar-refractivity contribution in [2.75, 3.05) is 31.6 Å². The van der Waals surface area contributed by atoms with Gasteiger partial charge in [0.1, 0.15) is 6.61 Å². The number of amides is 1. The van der Waals surface area contributed by atoms with Crippen LogP contribution in [0.3, 0.4) is 0 Å². The van der Waals surface area contributed by atoms with Crippen LogP contribution in [0.2, 0.25) is 0 Å². The Morgan fingerprint density at radius 2 is 2.00 bits per heavy atom. The SMILES string of the molecule is Cl.O=C(COCC1CCCNC1)Nc1ccccc1SC1CCCC1. The van der Waals surface area contributed by atoms with Gasteiger partial charge in [0.2, 0.25) is 5.91 Å². The fourth-order valence-electron chi connectivity index (χ4n) is 3.43. The quantitative estimate of drug-likeness (QED) is 0.743. The summed E-state index contributed by atoms with van der Waals surface area (Å²) in [5.41, 5.74) is 0.919. The minimum atomic E-state index is -0.0572. The second kappa shape index (κ2) is 11.1. The van der Waals surface area contributed by atoms with E-state index in [0.717, 1.165) is 18.8 Å². The molecule has 0 bridgehead atoms. The summed E-state index contributed by atoms with van der Waals surface area (Å²) in [6, 6.07) is 8.11. The van der Waals surface area contributed by atoms with Crippen molar-refractivity contribution in [2.45, 2.75) is 48.7 Å². The summed E-state index contributed by atoms with van der Waals surface area (Å²) >= 11 is 1.90. The van der Waals surface area contributed by atoms with Gasteiger partial charge in [0, 0.05) is 16.7 Å². The van der Waals surface area contributed by atoms with Crippen LogP contribution in [0.5, 0.6) is 0 Å². The molecule has 1 amide bonds. The second-order valence-electron chi connectivity index (χ2n) is 6.80. The summed E-state index contributed by atoms with van der Waals surface area (Å²) in [4.78, 5) is 13.4. The maximum Gasteiger partial charge on any atom is 0.250 e. The molecule has 1 saturated heterocycles. The number of para-hydroxylation sites is 1. The van der Waals surface area contributed by atoms with Crippen molar-refractivity contribution >= 4 is 35.8 Å². The van der Waals surface area contributed by atoms with Crippen LogP contribution in [0.15, 0.2) is 29.2 Å². The summed E-state index contributed by atoms with van der Waals surface area (Å²) in [6.45, 7) is 2.91. The van der Waals surface area contributed by atoms with Crippen molar-refractivity contribution in [3.8, 4) is 0 Å². The number of anilines is 1. The number of nitrogens with one attached hydrogen (secondary N) is 2. The molecule has 1 aliphatic heterocycles. The molecule has 1 aliphatic carbocycles. The topological polar surface area (TPSA) is 50.4 Å². The molecule has 2 N–H and O–H groups in total. The zero-order valence-corrected chi connectivity index (χ0v) is 16.3. The first kappa shape index (κ1) is 20.6. The monoisotopic (exact) mass is 384 g/mol. The third-order valence-corrected chi connectivity index (χ3v) is 6.16. The molecule has 1 saturated carbocycles. The van der Waals surface area contributed by atoms with Crippen molar-refractivity contribution in [3.05, 3.63) is 24.3 Å². The van der Waals surface area contributed by atoms with E-state index in [1.165, 1.54) is 43.4 Å².